The molecule has 0 unspecified atom stereocenters. The van der Waals surface area contributed by atoms with Crippen molar-refractivity contribution in [2.45, 2.75) is 0 Å². The van der Waals surface area contributed by atoms with Crippen molar-refractivity contribution in [1.82, 2.24) is 10.1 Å². The summed E-state index contributed by atoms with van der Waals surface area (Å²) in [6, 6.07) is 5.69. The summed E-state index contributed by atoms with van der Waals surface area (Å²) in [5.74, 6) is -1.88. The first-order valence-corrected chi connectivity index (χ1v) is 6.13. The number of imide groups is 2. The molecule has 2 aliphatic heterocycles. The minimum atomic E-state index is -0.579. The van der Waals surface area contributed by atoms with E-state index >= 15 is 0 Å². The normalized spacial score (nSPS) is 16.9. The Morgan fingerprint density at radius 1 is 0.545 bits per heavy atom. The van der Waals surface area contributed by atoms with Crippen LogP contribution in [0.2, 0.25) is 0 Å². The molecule has 1 aromatic carbocycles. The van der Waals surface area contributed by atoms with Gasteiger partial charge in [-0.05, 0) is 24.3 Å². The van der Waals surface area contributed by atoms with Crippen LogP contribution in [0.25, 0.3) is 0 Å². The molecule has 0 N–H and O–H groups in total. The summed E-state index contributed by atoms with van der Waals surface area (Å²) in [6.07, 6.45) is 4.38. The zero-order chi connectivity index (χ0) is 15.7. The number of hydrogen-bond donors (Lipinski definition) is 0. The molecule has 2 aliphatic rings. The highest BCUT2D eigenvalue weighted by molar-refractivity contribution is 6.12. The summed E-state index contributed by atoms with van der Waals surface area (Å²) >= 11 is 0. The van der Waals surface area contributed by atoms with Crippen LogP contribution >= 0.6 is 0 Å². The third kappa shape index (κ3) is 2.44. The standard InChI is InChI=1S/C14H8N2O6/c17-11-5-6-12(18)15(11)21-9-1-2-10(4-3-9)22-16-13(19)7-8-14(16)20/h1-8H. The summed E-state index contributed by atoms with van der Waals surface area (Å²) < 4.78 is 0. The SMILES string of the molecule is O=C1C=CC(=O)N1Oc1ccc(ON2C(=O)C=CC2=O)cc1. The zero-order valence-electron chi connectivity index (χ0n) is 11.0. The van der Waals surface area contributed by atoms with Gasteiger partial charge in [0.2, 0.25) is 0 Å². The molecule has 1 aromatic rings. The minimum absolute atomic E-state index is 0.218. The second kappa shape index (κ2) is 5.17. The second-order valence-electron chi connectivity index (χ2n) is 4.26. The monoisotopic (exact) mass is 300 g/mol. The van der Waals surface area contributed by atoms with Gasteiger partial charge in [-0.3, -0.25) is 19.2 Å². The quantitative estimate of drug-likeness (QED) is 0.733. The Balaban J connectivity index is 1.66. The number of carbonyl (C=O) groups excluding carboxylic acids is 4. The fourth-order valence-corrected chi connectivity index (χ4v) is 1.73. The number of amides is 4. The smallest absolute Gasteiger partial charge is 0.287 e. The topological polar surface area (TPSA) is 93.2 Å². The summed E-state index contributed by atoms with van der Waals surface area (Å²) in [7, 11) is 0. The predicted octanol–water partition coefficient (Wildman–Crippen LogP) is 0.124. The average molecular weight is 300 g/mol. The van der Waals surface area contributed by atoms with Gasteiger partial charge in [-0.25, -0.2) is 0 Å². The summed E-state index contributed by atoms with van der Waals surface area (Å²) in [5.41, 5.74) is 0. The lowest BCUT2D eigenvalue weighted by molar-refractivity contribution is -0.164. The molecule has 22 heavy (non-hydrogen) atoms. The van der Waals surface area contributed by atoms with Gasteiger partial charge in [-0.1, -0.05) is 10.1 Å². The molecule has 8 nitrogen and oxygen atoms in total. The van der Waals surface area contributed by atoms with Crippen LogP contribution in [0.1, 0.15) is 0 Å². The van der Waals surface area contributed by atoms with Crippen LogP contribution in [0.5, 0.6) is 11.5 Å². The van der Waals surface area contributed by atoms with Crippen molar-refractivity contribution in [2.75, 3.05) is 0 Å². The highest BCUT2D eigenvalue weighted by Crippen LogP contribution is 2.21. The Hall–Kier alpha value is -3.42. The molecule has 0 aromatic heterocycles. The maximum absolute atomic E-state index is 11.3. The van der Waals surface area contributed by atoms with E-state index in [-0.39, 0.29) is 11.5 Å². The van der Waals surface area contributed by atoms with Gasteiger partial charge in [0.05, 0.1) is 0 Å². The fraction of sp³-hybridized carbons (Fsp3) is 0. The molecule has 110 valence electrons. The van der Waals surface area contributed by atoms with Crippen LogP contribution in [0, 0.1) is 0 Å². The van der Waals surface area contributed by atoms with Crippen LogP contribution in [-0.2, 0) is 19.2 Å². The van der Waals surface area contributed by atoms with Crippen LogP contribution in [0.3, 0.4) is 0 Å². The van der Waals surface area contributed by atoms with Crippen molar-refractivity contribution in [1.29, 1.82) is 0 Å². The lowest BCUT2D eigenvalue weighted by atomic mass is 10.3. The minimum Gasteiger partial charge on any atom is -0.369 e. The van der Waals surface area contributed by atoms with Crippen LogP contribution in [-0.4, -0.2) is 33.8 Å². The maximum Gasteiger partial charge on any atom is 0.287 e. The number of rotatable bonds is 4. The number of hydrogen-bond acceptors (Lipinski definition) is 6. The van der Waals surface area contributed by atoms with Gasteiger partial charge >= 0.3 is 0 Å². The number of hydroxylamine groups is 4. The van der Waals surface area contributed by atoms with E-state index < -0.39 is 23.6 Å². The highest BCUT2D eigenvalue weighted by atomic mass is 16.7. The molecule has 0 radical (unpaired) electrons. The van der Waals surface area contributed by atoms with E-state index in [1.54, 1.807) is 0 Å². The lowest BCUT2D eigenvalue weighted by Gasteiger charge is -2.16. The van der Waals surface area contributed by atoms with E-state index in [1.807, 2.05) is 0 Å². The van der Waals surface area contributed by atoms with E-state index in [0.29, 0.717) is 10.1 Å². The van der Waals surface area contributed by atoms with Crippen molar-refractivity contribution < 1.29 is 28.9 Å². The molecule has 2 heterocycles. The first kappa shape index (κ1) is 13.6. The number of benzene rings is 1. The first-order chi connectivity index (χ1) is 10.5. The molecule has 0 saturated carbocycles. The number of nitrogens with zero attached hydrogens (tertiary/aromatic N) is 2. The van der Waals surface area contributed by atoms with Crippen molar-refractivity contribution in [3.8, 4) is 11.5 Å². The maximum atomic E-state index is 11.3. The second-order valence-corrected chi connectivity index (χ2v) is 4.26. The lowest BCUT2D eigenvalue weighted by Crippen LogP contribution is -2.33. The third-order valence-electron chi connectivity index (χ3n) is 2.75. The molecule has 0 aliphatic carbocycles. The molecule has 3 rings (SSSR count). The van der Waals surface area contributed by atoms with Gasteiger partial charge in [0.25, 0.3) is 23.6 Å². The fourth-order valence-electron chi connectivity index (χ4n) is 1.73. The Kier molecular flexibility index (Phi) is 3.18. The van der Waals surface area contributed by atoms with Gasteiger partial charge in [0.15, 0.2) is 11.5 Å². The van der Waals surface area contributed by atoms with Crippen LogP contribution < -0.4 is 9.68 Å². The van der Waals surface area contributed by atoms with Gasteiger partial charge in [-0.15, -0.1) is 0 Å². The Morgan fingerprint density at radius 2 is 0.818 bits per heavy atom. The van der Waals surface area contributed by atoms with Gasteiger partial charge in [0, 0.05) is 24.3 Å². The molecule has 0 spiro atoms. The summed E-state index contributed by atoms with van der Waals surface area (Å²) in [5, 5.41) is 1.21. The third-order valence-corrected chi connectivity index (χ3v) is 2.75. The summed E-state index contributed by atoms with van der Waals surface area (Å²) in [4.78, 5) is 55.6. The van der Waals surface area contributed by atoms with Gasteiger partial charge in [0.1, 0.15) is 0 Å². The molecule has 0 bridgehead atoms. The molecular weight excluding hydrogens is 292 g/mol. The Bertz CT molecular complexity index is 635. The van der Waals surface area contributed by atoms with E-state index in [0.717, 1.165) is 24.3 Å². The van der Waals surface area contributed by atoms with Gasteiger partial charge in [-0.2, -0.15) is 0 Å². The van der Waals surface area contributed by atoms with Crippen molar-refractivity contribution >= 4 is 23.6 Å². The van der Waals surface area contributed by atoms with E-state index in [4.69, 9.17) is 9.68 Å². The van der Waals surface area contributed by atoms with E-state index in [9.17, 15) is 19.2 Å². The average Bonchev–Trinajstić information content (AvgIpc) is 2.99. The number of carbonyl (C=O) groups is 4. The van der Waals surface area contributed by atoms with Crippen molar-refractivity contribution in [3.05, 3.63) is 48.6 Å². The summed E-state index contributed by atoms with van der Waals surface area (Å²) in [6.45, 7) is 0. The van der Waals surface area contributed by atoms with Crippen molar-refractivity contribution in [3.63, 3.8) is 0 Å². The first-order valence-electron chi connectivity index (χ1n) is 6.13. The Labute approximate surface area is 123 Å². The molecule has 0 fully saturated rings. The molecule has 0 atom stereocenters. The zero-order valence-corrected chi connectivity index (χ0v) is 11.0. The Morgan fingerprint density at radius 3 is 1.09 bits per heavy atom. The predicted molar refractivity (Wildman–Crippen MR) is 69.7 cm³/mol. The van der Waals surface area contributed by atoms with Gasteiger partial charge < -0.3 is 9.68 Å². The van der Waals surface area contributed by atoms with E-state index in [1.165, 1.54) is 24.3 Å². The van der Waals surface area contributed by atoms with E-state index in [2.05, 4.69) is 0 Å². The highest BCUT2D eigenvalue weighted by Gasteiger charge is 2.27. The molecule has 4 amide bonds. The van der Waals surface area contributed by atoms with Crippen molar-refractivity contribution in [2.24, 2.45) is 0 Å². The molecule has 8 heteroatoms. The molecular formula is C14H8N2O6. The van der Waals surface area contributed by atoms with Crippen LogP contribution in [0.4, 0.5) is 0 Å². The molecule has 0 saturated heterocycles. The largest absolute Gasteiger partial charge is 0.369 e. The van der Waals surface area contributed by atoms with Crippen LogP contribution in [0.15, 0.2) is 48.6 Å².